The zero-order chi connectivity index (χ0) is 14.7. The first-order chi connectivity index (χ1) is 10.2. The Balaban J connectivity index is 1.82. The van der Waals surface area contributed by atoms with E-state index in [4.69, 9.17) is 4.52 Å². The van der Waals surface area contributed by atoms with Crippen molar-refractivity contribution in [2.45, 2.75) is 13.8 Å². The maximum absolute atomic E-state index is 5.21. The van der Waals surface area contributed by atoms with Crippen LogP contribution in [0.3, 0.4) is 0 Å². The molecule has 0 unspecified atom stereocenters. The summed E-state index contributed by atoms with van der Waals surface area (Å²) in [6.07, 6.45) is 1.71. The molecule has 0 amide bonds. The first-order valence-corrected chi connectivity index (χ1v) is 7.21. The molecule has 1 N–H and O–H groups in total. The summed E-state index contributed by atoms with van der Waals surface area (Å²) in [5.74, 6) is 1.09. The van der Waals surface area contributed by atoms with Gasteiger partial charge in [-0.3, -0.25) is 5.43 Å². The Morgan fingerprint density at radius 2 is 2.10 bits per heavy atom. The molecule has 0 radical (unpaired) electrons. The number of anilines is 1. The number of rotatable bonds is 4. The minimum Gasteiger partial charge on any atom is -0.334 e. The molecule has 0 atom stereocenters. The zero-order valence-electron chi connectivity index (χ0n) is 11.6. The van der Waals surface area contributed by atoms with E-state index < -0.39 is 0 Å². The van der Waals surface area contributed by atoms with E-state index in [2.05, 4.69) is 25.7 Å². The Bertz CT molecular complexity index is 777. The number of nitrogens with one attached hydrogen (secondary N) is 1. The number of hydrazone groups is 1. The molecule has 3 aromatic rings. The van der Waals surface area contributed by atoms with Crippen LogP contribution in [0.25, 0.3) is 11.5 Å². The van der Waals surface area contributed by atoms with E-state index in [1.54, 1.807) is 13.1 Å². The van der Waals surface area contributed by atoms with Gasteiger partial charge >= 0.3 is 0 Å². The van der Waals surface area contributed by atoms with E-state index in [1.807, 2.05) is 36.6 Å². The molecule has 0 aliphatic heterocycles. The fourth-order valence-corrected chi connectivity index (χ4v) is 2.41. The molecule has 0 aliphatic carbocycles. The second kappa shape index (κ2) is 5.84. The highest BCUT2D eigenvalue weighted by atomic mass is 32.1. The summed E-state index contributed by atoms with van der Waals surface area (Å²) < 4.78 is 5.21. The number of thiazole rings is 1. The van der Waals surface area contributed by atoms with Gasteiger partial charge in [0.25, 0.3) is 5.89 Å². The van der Waals surface area contributed by atoms with Crippen LogP contribution in [0.1, 0.15) is 17.1 Å². The predicted octanol–water partition coefficient (Wildman–Crippen LogP) is 3.26. The van der Waals surface area contributed by atoms with Gasteiger partial charge in [0.05, 0.1) is 11.9 Å². The van der Waals surface area contributed by atoms with Crippen LogP contribution in [0, 0.1) is 13.8 Å². The van der Waals surface area contributed by atoms with Crippen LogP contribution >= 0.6 is 11.3 Å². The average Bonchev–Trinajstić information content (AvgIpc) is 3.08. The predicted molar refractivity (Wildman–Crippen MR) is 82.5 cm³/mol. The number of benzene rings is 1. The molecule has 0 saturated heterocycles. The molecule has 106 valence electrons. The van der Waals surface area contributed by atoms with E-state index in [0.717, 1.165) is 22.0 Å². The molecule has 0 aliphatic rings. The Morgan fingerprint density at radius 1 is 1.24 bits per heavy atom. The van der Waals surface area contributed by atoms with Gasteiger partial charge in [-0.15, -0.1) is 11.3 Å². The maximum atomic E-state index is 5.21. The lowest BCUT2D eigenvalue weighted by molar-refractivity contribution is 0.425. The van der Waals surface area contributed by atoms with E-state index in [0.29, 0.717) is 11.7 Å². The summed E-state index contributed by atoms with van der Waals surface area (Å²) in [5.41, 5.74) is 5.62. The third-order valence-corrected chi connectivity index (χ3v) is 3.57. The van der Waals surface area contributed by atoms with Gasteiger partial charge in [0.15, 0.2) is 5.82 Å². The van der Waals surface area contributed by atoms with Crippen molar-refractivity contribution in [1.29, 1.82) is 0 Å². The number of aromatic nitrogens is 3. The van der Waals surface area contributed by atoms with Gasteiger partial charge in [0, 0.05) is 16.5 Å². The highest BCUT2D eigenvalue weighted by molar-refractivity contribution is 7.13. The van der Waals surface area contributed by atoms with Crippen LogP contribution in [0.5, 0.6) is 0 Å². The Labute approximate surface area is 125 Å². The average molecular weight is 299 g/mol. The van der Waals surface area contributed by atoms with Crippen LogP contribution < -0.4 is 5.43 Å². The van der Waals surface area contributed by atoms with Crippen LogP contribution in [0.4, 0.5) is 5.13 Å². The van der Waals surface area contributed by atoms with Gasteiger partial charge in [-0.1, -0.05) is 23.4 Å². The number of hydrogen-bond donors (Lipinski definition) is 1. The minimum atomic E-state index is 0.486. The Hall–Kier alpha value is -2.54. The monoisotopic (exact) mass is 299 g/mol. The van der Waals surface area contributed by atoms with E-state index in [1.165, 1.54) is 11.3 Å². The van der Waals surface area contributed by atoms with Crippen molar-refractivity contribution in [3.8, 4) is 11.5 Å². The van der Waals surface area contributed by atoms with Gasteiger partial charge in [0.1, 0.15) is 0 Å². The van der Waals surface area contributed by atoms with Crippen molar-refractivity contribution >= 4 is 22.7 Å². The van der Waals surface area contributed by atoms with E-state index >= 15 is 0 Å². The molecule has 0 saturated carbocycles. The zero-order valence-corrected chi connectivity index (χ0v) is 12.4. The summed E-state index contributed by atoms with van der Waals surface area (Å²) in [4.78, 5) is 8.52. The lowest BCUT2D eigenvalue weighted by Gasteiger charge is -2.00. The lowest BCUT2D eigenvalue weighted by atomic mass is 10.1. The summed E-state index contributed by atoms with van der Waals surface area (Å²) in [6, 6.07) is 7.71. The Morgan fingerprint density at radius 3 is 2.81 bits per heavy atom. The summed E-state index contributed by atoms with van der Waals surface area (Å²) >= 11 is 1.51. The van der Waals surface area contributed by atoms with Crippen LogP contribution in [0.15, 0.2) is 39.3 Å². The number of nitrogens with zero attached hydrogens (tertiary/aromatic N) is 4. The maximum Gasteiger partial charge on any atom is 0.258 e. The molecule has 1 aromatic carbocycles. The van der Waals surface area contributed by atoms with Crippen molar-refractivity contribution in [1.82, 2.24) is 15.1 Å². The normalized spacial score (nSPS) is 11.1. The summed E-state index contributed by atoms with van der Waals surface area (Å²) in [5, 5.41) is 10.7. The standard InChI is InChI=1S/C14H13N5OS/c1-9-8-21-14(16-9)18-15-7-11-5-3-4-6-12(11)13-17-10(2)19-20-13/h3-8H,1-2H3,(H,16,18). The quantitative estimate of drug-likeness (QED) is 0.591. The molecular weight excluding hydrogens is 286 g/mol. The first-order valence-electron chi connectivity index (χ1n) is 6.33. The highest BCUT2D eigenvalue weighted by Gasteiger charge is 2.09. The van der Waals surface area contributed by atoms with Crippen LogP contribution in [-0.4, -0.2) is 21.3 Å². The molecule has 2 aromatic heterocycles. The van der Waals surface area contributed by atoms with Crippen molar-refractivity contribution in [3.63, 3.8) is 0 Å². The molecule has 2 heterocycles. The summed E-state index contributed by atoms with van der Waals surface area (Å²) in [7, 11) is 0. The molecule has 0 spiro atoms. The fourth-order valence-electron chi connectivity index (χ4n) is 1.77. The van der Waals surface area contributed by atoms with Gasteiger partial charge < -0.3 is 4.52 Å². The fraction of sp³-hybridized carbons (Fsp3) is 0.143. The van der Waals surface area contributed by atoms with Crippen molar-refractivity contribution in [3.05, 3.63) is 46.7 Å². The molecular formula is C14H13N5OS. The second-order valence-corrected chi connectivity index (χ2v) is 5.26. The van der Waals surface area contributed by atoms with Crippen molar-refractivity contribution in [2.75, 3.05) is 5.43 Å². The van der Waals surface area contributed by atoms with E-state index in [-0.39, 0.29) is 0 Å². The van der Waals surface area contributed by atoms with Gasteiger partial charge in [0.2, 0.25) is 5.13 Å². The highest BCUT2D eigenvalue weighted by Crippen LogP contribution is 2.20. The van der Waals surface area contributed by atoms with Gasteiger partial charge in [-0.2, -0.15) is 10.1 Å². The van der Waals surface area contributed by atoms with Crippen molar-refractivity contribution < 1.29 is 4.52 Å². The lowest BCUT2D eigenvalue weighted by Crippen LogP contribution is -1.93. The molecule has 7 heteroatoms. The number of hydrogen-bond acceptors (Lipinski definition) is 7. The van der Waals surface area contributed by atoms with Crippen LogP contribution in [-0.2, 0) is 0 Å². The van der Waals surface area contributed by atoms with E-state index in [9.17, 15) is 0 Å². The molecule has 21 heavy (non-hydrogen) atoms. The topological polar surface area (TPSA) is 76.2 Å². The molecule has 0 fully saturated rings. The Kier molecular flexibility index (Phi) is 3.74. The van der Waals surface area contributed by atoms with Gasteiger partial charge in [-0.05, 0) is 19.9 Å². The SMILES string of the molecule is Cc1csc(NN=Cc2ccccc2-c2nc(C)no2)n1. The molecule has 6 nitrogen and oxygen atoms in total. The smallest absolute Gasteiger partial charge is 0.258 e. The third-order valence-electron chi connectivity index (χ3n) is 2.70. The minimum absolute atomic E-state index is 0.486. The summed E-state index contributed by atoms with van der Waals surface area (Å²) in [6.45, 7) is 3.73. The molecule has 3 rings (SSSR count). The molecule has 0 bridgehead atoms. The number of aryl methyl sites for hydroxylation is 2. The third kappa shape index (κ3) is 3.14. The van der Waals surface area contributed by atoms with Crippen LogP contribution in [0.2, 0.25) is 0 Å². The van der Waals surface area contributed by atoms with Crippen molar-refractivity contribution in [2.24, 2.45) is 5.10 Å². The van der Waals surface area contributed by atoms with Gasteiger partial charge in [-0.25, -0.2) is 4.98 Å². The first kappa shape index (κ1) is 13.4. The second-order valence-electron chi connectivity index (χ2n) is 4.40. The largest absolute Gasteiger partial charge is 0.334 e.